The SMILES string of the molecule is CCN1CCCCC1C(CN)c1c[nH]c2ccc(F)cc12. The number of nitrogens with zero attached hydrogens (tertiary/aromatic N) is 1. The molecular formula is C17H24FN3. The second-order valence-corrected chi connectivity index (χ2v) is 5.97. The number of hydrogen-bond acceptors (Lipinski definition) is 2. The van der Waals surface area contributed by atoms with Gasteiger partial charge < -0.3 is 15.6 Å². The fourth-order valence-electron chi connectivity index (χ4n) is 3.78. The third-order valence-corrected chi connectivity index (χ3v) is 4.86. The number of halogens is 1. The molecule has 1 aliphatic heterocycles. The fraction of sp³-hybridized carbons (Fsp3) is 0.529. The standard InChI is InChI=1S/C17H24FN3/c1-2-21-8-4-3-5-17(21)14(10-19)15-11-20-16-7-6-12(18)9-13(15)16/h6-7,9,11,14,17,20H,2-5,8,10,19H2,1H3. The number of likely N-dealkylation sites (N-methyl/N-ethyl adjacent to an activating group) is 1. The highest BCUT2D eigenvalue weighted by Gasteiger charge is 2.30. The summed E-state index contributed by atoms with van der Waals surface area (Å²) >= 11 is 0. The van der Waals surface area contributed by atoms with Gasteiger partial charge in [0.15, 0.2) is 0 Å². The van der Waals surface area contributed by atoms with E-state index < -0.39 is 0 Å². The van der Waals surface area contributed by atoms with Crippen molar-refractivity contribution in [1.29, 1.82) is 0 Å². The summed E-state index contributed by atoms with van der Waals surface area (Å²) in [4.78, 5) is 5.79. The molecule has 2 unspecified atom stereocenters. The zero-order chi connectivity index (χ0) is 14.8. The van der Waals surface area contributed by atoms with Crippen molar-refractivity contribution in [3.8, 4) is 0 Å². The number of aromatic nitrogens is 1. The number of hydrogen-bond donors (Lipinski definition) is 2. The van der Waals surface area contributed by atoms with Crippen LogP contribution in [0.5, 0.6) is 0 Å². The highest BCUT2D eigenvalue weighted by Crippen LogP contribution is 2.34. The molecule has 2 heterocycles. The smallest absolute Gasteiger partial charge is 0.123 e. The molecule has 3 rings (SSSR count). The third-order valence-electron chi connectivity index (χ3n) is 4.86. The van der Waals surface area contributed by atoms with Gasteiger partial charge in [-0.05, 0) is 49.7 Å². The van der Waals surface area contributed by atoms with Crippen molar-refractivity contribution < 1.29 is 4.39 Å². The van der Waals surface area contributed by atoms with E-state index in [1.807, 2.05) is 6.20 Å². The number of nitrogens with one attached hydrogen (secondary N) is 1. The largest absolute Gasteiger partial charge is 0.361 e. The van der Waals surface area contributed by atoms with Crippen molar-refractivity contribution in [1.82, 2.24) is 9.88 Å². The molecule has 1 aliphatic rings. The van der Waals surface area contributed by atoms with Crippen LogP contribution in [0.3, 0.4) is 0 Å². The molecule has 114 valence electrons. The molecule has 0 bridgehead atoms. The van der Waals surface area contributed by atoms with E-state index in [0.29, 0.717) is 12.6 Å². The van der Waals surface area contributed by atoms with Crippen LogP contribution >= 0.6 is 0 Å². The maximum atomic E-state index is 13.6. The first-order valence-corrected chi connectivity index (χ1v) is 7.95. The summed E-state index contributed by atoms with van der Waals surface area (Å²) < 4.78 is 13.6. The van der Waals surface area contributed by atoms with Crippen molar-refractivity contribution in [3.05, 3.63) is 35.8 Å². The molecule has 2 atom stereocenters. The van der Waals surface area contributed by atoms with Crippen molar-refractivity contribution in [2.45, 2.75) is 38.1 Å². The first-order valence-electron chi connectivity index (χ1n) is 7.95. The lowest BCUT2D eigenvalue weighted by Gasteiger charge is -2.39. The van der Waals surface area contributed by atoms with Crippen LogP contribution < -0.4 is 5.73 Å². The molecule has 1 fully saturated rings. The average molecular weight is 289 g/mol. The van der Waals surface area contributed by atoms with E-state index in [-0.39, 0.29) is 11.7 Å². The monoisotopic (exact) mass is 289 g/mol. The molecule has 21 heavy (non-hydrogen) atoms. The summed E-state index contributed by atoms with van der Waals surface area (Å²) in [6.07, 6.45) is 5.72. The molecular weight excluding hydrogens is 265 g/mol. The molecule has 0 radical (unpaired) electrons. The number of H-pyrrole nitrogens is 1. The van der Waals surface area contributed by atoms with Gasteiger partial charge in [-0.2, -0.15) is 0 Å². The minimum Gasteiger partial charge on any atom is -0.361 e. The van der Waals surface area contributed by atoms with E-state index in [4.69, 9.17) is 5.73 Å². The Morgan fingerprint density at radius 2 is 2.29 bits per heavy atom. The van der Waals surface area contributed by atoms with Gasteiger partial charge in [0.1, 0.15) is 5.82 Å². The predicted molar refractivity (Wildman–Crippen MR) is 84.9 cm³/mol. The molecule has 3 N–H and O–H groups in total. The van der Waals surface area contributed by atoms with E-state index in [1.165, 1.54) is 25.3 Å². The van der Waals surface area contributed by atoms with Crippen molar-refractivity contribution >= 4 is 10.9 Å². The Bertz CT molecular complexity index is 607. The minimum atomic E-state index is -0.185. The number of piperidine rings is 1. The Kier molecular flexibility index (Phi) is 4.27. The highest BCUT2D eigenvalue weighted by molar-refractivity contribution is 5.83. The Morgan fingerprint density at radius 1 is 1.43 bits per heavy atom. The van der Waals surface area contributed by atoms with Gasteiger partial charge in [0.25, 0.3) is 0 Å². The molecule has 0 saturated carbocycles. The summed E-state index contributed by atoms with van der Waals surface area (Å²) in [5.41, 5.74) is 8.26. The number of benzene rings is 1. The Morgan fingerprint density at radius 3 is 3.05 bits per heavy atom. The quantitative estimate of drug-likeness (QED) is 0.907. The van der Waals surface area contributed by atoms with Crippen LogP contribution in [0.15, 0.2) is 24.4 Å². The molecule has 1 saturated heterocycles. The first kappa shape index (κ1) is 14.5. The van der Waals surface area contributed by atoms with Crippen LogP contribution in [0.4, 0.5) is 4.39 Å². The minimum absolute atomic E-state index is 0.185. The number of fused-ring (bicyclic) bond motifs is 1. The molecule has 0 spiro atoms. The summed E-state index contributed by atoms with van der Waals surface area (Å²) in [6.45, 7) is 5.01. The zero-order valence-electron chi connectivity index (χ0n) is 12.6. The van der Waals surface area contributed by atoms with Gasteiger partial charge in [-0.3, -0.25) is 0 Å². The molecule has 1 aromatic carbocycles. The maximum Gasteiger partial charge on any atom is 0.123 e. The number of rotatable bonds is 4. The second-order valence-electron chi connectivity index (χ2n) is 5.97. The Balaban J connectivity index is 1.99. The van der Waals surface area contributed by atoms with Crippen LogP contribution in [0.1, 0.15) is 37.7 Å². The van der Waals surface area contributed by atoms with Crippen molar-refractivity contribution in [3.63, 3.8) is 0 Å². The van der Waals surface area contributed by atoms with E-state index in [0.717, 1.165) is 29.6 Å². The molecule has 4 heteroatoms. The van der Waals surface area contributed by atoms with Gasteiger partial charge in [0, 0.05) is 35.6 Å². The van der Waals surface area contributed by atoms with Crippen LogP contribution in [-0.4, -0.2) is 35.6 Å². The summed E-state index contributed by atoms with van der Waals surface area (Å²) in [5, 5.41) is 0.979. The first-order chi connectivity index (χ1) is 10.2. The highest BCUT2D eigenvalue weighted by atomic mass is 19.1. The normalized spacial score (nSPS) is 21.8. The summed E-state index contributed by atoms with van der Waals surface area (Å²) in [7, 11) is 0. The van der Waals surface area contributed by atoms with E-state index in [2.05, 4.69) is 16.8 Å². The molecule has 0 aliphatic carbocycles. The van der Waals surface area contributed by atoms with Crippen molar-refractivity contribution in [2.75, 3.05) is 19.6 Å². The molecule has 2 aromatic rings. The second kappa shape index (κ2) is 6.16. The Labute approximate surface area is 125 Å². The van der Waals surface area contributed by atoms with Gasteiger partial charge in [0.2, 0.25) is 0 Å². The lowest BCUT2D eigenvalue weighted by Crippen LogP contribution is -2.45. The van der Waals surface area contributed by atoms with E-state index in [1.54, 1.807) is 12.1 Å². The van der Waals surface area contributed by atoms with Crippen molar-refractivity contribution in [2.24, 2.45) is 5.73 Å². The lowest BCUT2D eigenvalue weighted by molar-refractivity contribution is 0.134. The number of nitrogens with two attached hydrogens (primary N) is 1. The summed E-state index contributed by atoms with van der Waals surface area (Å²) in [6, 6.07) is 5.40. The van der Waals surface area contributed by atoms with Crippen LogP contribution in [0, 0.1) is 5.82 Å². The van der Waals surface area contributed by atoms with Gasteiger partial charge in [-0.25, -0.2) is 4.39 Å². The van der Waals surface area contributed by atoms with E-state index >= 15 is 0 Å². The average Bonchev–Trinajstić information content (AvgIpc) is 2.92. The molecule has 0 amide bonds. The Hall–Kier alpha value is -1.39. The zero-order valence-corrected chi connectivity index (χ0v) is 12.6. The predicted octanol–water partition coefficient (Wildman–Crippen LogP) is 3.22. The number of likely N-dealkylation sites (tertiary alicyclic amines) is 1. The van der Waals surface area contributed by atoms with Crippen LogP contribution in [0.2, 0.25) is 0 Å². The number of aromatic amines is 1. The van der Waals surface area contributed by atoms with Crippen LogP contribution in [-0.2, 0) is 0 Å². The van der Waals surface area contributed by atoms with Gasteiger partial charge >= 0.3 is 0 Å². The van der Waals surface area contributed by atoms with Crippen LogP contribution in [0.25, 0.3) is 10.9 Å². The molecule has 3 nitrogen and oxygen atoms in total. The third kappa shape index (κ3) is 2.70. The summed E-state index contributed by atoms with van der Waals surface area (Å²) in [5.74, 6) is 0.0795. The van der Waals surface area contributed by atoms with Gasteiger partial charge in [-0.15, -0.1) is 0 Å². The van der Waals surface area contributed by atoms with E-state index in [9.17, 15) is 4.39 Å². The maximum absolute atomic E-state index is 13.6. The molecule has 1 aromatic heterocycles. The lowest BCUT2D eigenvalue weighted by atomic mass is 9.85. The topological polar surface area (TPSA) is 45.0 Å². The van der Waals surface area contributed by atoms with Gasteiger partial charge in [-0.1, -0.05) is 13.3 Å². The fourth-order valence-corrected chi connectivity index (χ4v) is 3.78. The van der Waals surface area contributed by atoms with Gasteiger partial charge in [0.05, 0.1) is 0 Å².